The second-order valence-electron chi connectivity index (χ2n) is 5.81. The molecule has 2 aromatic carbocycles. The number of rotatable bonds is 6. The van der Waals surface area contributed by atoms with Crippen LogP contribution in [0.5, 0.6) is 5.75 Å². The van der Waals surface area contributed by atoms with Gasteiger partial charge in [0.1, 0.15) is 12.4 Å². The van der Waals surface area contributed by atoms with E-state index >= 15 is 0 Å². The lowest BCUT2D eigenvalue weighted by Gasteiger charge is -2.12. The number of thiocarbonyl (C=S) groups is 1. The summed E-state index contributed by atoms with van der Waals surface area (Å²) in [5.41, 5.74) is 6.78. The highest BCUT2D eigenvalue weighted by molar-refractivity contribution is 9.10. The molecule has 0 bridgehead atoms. The summed E-state index contributed by atoms with van der Waals surface area (Å²) in [5.74, 6) is -0.225. The molecule has 154 valence electrons. The van der Waals surface area contributed by atoms with Gasteiger partial charge in [0.15, 0.2) is 5.11 Å². The summed E-state index contributed by atoms with van der Waals surface area (Å²) < 4.78 is 11.9. The number of hydrogen-bond acceptors (Lipinski definition) is 5. The van der Waals surface area contributed by atoms with Gasteiger partial charge in [0.05, 0.1) is 11.1 Å². The molecule has 7 nitrogen and oxygen atoms in total. The predicted octanol–water partition coefficient (Wildman–Crippen LogP) is 3.49. The number of aryl methyl sites for hydroxylation is 1. The van der Waals surface area contributed by atoms with Gasteiger partial charge in [0.2, 0.25) is 0 Å². The molecule has 0 heterocycles. The Balaban J connectivity index is 1.88. The van der Waals surface area contributed by atoms with Crippen LogP contribution < -0.4 is 20.9 Å². The lowest BCUT2D eigenvalue weighted by molar-refractivity contribution is 0.0934. The van der Waals surface area contributed by atoms with Crippen LogP contribution in [-0.4, -0.2) is 37.3 Å². The second-order valence-corrected chi connectivity index (χ2v) is 7.93. The van der Waals surface area contributed by atoms with Gasteiger partial charge in [-0.3, -0.25) is 25.8 Å². The first-order chi connectivity index (χ1) is 13.8. The van der Waals surface area contributed by atoms with Gasteiger partial charge in [-0.25, -0.2) is 0 Å². The first-order valence-electron chi connectivity index (χ1n) is 8.41. The first kappa shape index (κ1) is 23.3. The van der Waals surface area contributed by atoms with Crippen LogP contribution in [0.2, 0.25) is 0 Å². The number of halogens is 2. The van der Waals surface area contributed by atoms with E-state index in [0.29, 0.717) is 34.6 Å². The molecular weight excluding hydrogens is 526 g/mol. The summed E-state index contributed by atoms with van der Waals surface area (Å²) in [6.07, 6.45) is 0. The Bertz CT molecular complexity index is 924. The molecule has 0 radical (unpaired) electrons. The van der Waals surface area contributed by atoms with Crippen molar-refractivity contribution in [3.63, 3.8) is 0 Å². The highest BCUT2D eigenvalue weighted by Gasteiger charge is 2.12. The highest BCUT2D eigenvalue weighted by atomic mass is 79.9. The Hall–Kier alpha value is -2.01. The molecule has 0 saturated carbocycles. The molecule has 0 aromatic heterocycles. The van der Waals surface area contributed by atoms with Crippen molar-refractivity contribution in [2.75, 3.05) is 20.3 Å². The molecule has 2 rings (SSSR count). The Morgan fingerprint density at radius 1 is 0.966 bits per heavy atom. The Morgan fingerprint density at radius 3 is 2.28 bits per heavy atom. The number of hydrogen-bond donors (Lipinski definition) is 3. The van der Waals surface area contributed by atoms with E-state index in [2.05, 4.69) is 48.0 Å². The first-order valence-corrected chi connectivity index (χ1v) is 10.4. The van der Waals surface area contributed by atoms with Gasteiger partial charge in [0.25, 0.3) is 11.8 Å². The average Bonchev–Trinajstić information content (AvgIpc) is 2.69. The predicted molar refractivity (Wildman–Crippen MR) is 121 cm³/mol. The maximum Gasteiger partial charge on any atom is 0.269 e. The zero-order valence-electron chi connectivity index (χ0n) is 15.7. The van der Waals surface area contributed by atoms with E-state index in [1.54, 1.807) is 37.4 Å². The monoisotopic (exact) mass is 543 g/mol. The van der Waals surface area contributed by atoms with Gasteiger partial charge >= 0.3 is 0 Å². The number of methoxy groups -OCH3 is 1. The van der Waals surface area contributed by atoms with Gasteiger partial charge in [-0.1, -0.05) is 22.0 Å². The van der Waals surface area contributed by atoms with Crippen molar-refractivity contribution < 1.29 is 19.1 Å². The Morgan fingerprint density at radius 2 is 1.62 bits per heavy atom. The van der Waals surface area contributed by atoms with E-state index in [1.807, 2.05) is 13.0 Å². The Kier molecular flexibility index (Phi) is 9.02. The molecule has 2 amide bonds. The largest absolute Gasteiger partial charge is 0.490 e. The summed E-state index contributed by atoms with van der Waals surface area (Å²) in [5, 5.41) is 2.46. The van der Waals surface area contributed by atoms with Crippen LogP contribution in [0.15, 0.2) is 45.3 Å². The van der Waals surface area contributed by atoms with Crippen LogP contribution in [0.1, 0.15) is 26.3 Å². The summed E-state index contributed by atoms with van der Waals surface area (Å²) in [6, 6.07) is 10.1. The van der Waals surface area contributed by atoms with Gasteiger partial charge in [-0.2, -0.15) is 0 Å². The smallest absolute Gasteiger partial charge is 0.269 e. The summed E-state index contributed by atoms with van der Waals surface area (Å²) >= 11 is 11.8. The summed E-state index contributed by atoms with van der Waals surface area (Å²) in [7, 11) is 1.59. The molecule has 0 unspecified atom stereocenters. The van der Waals surface area contributed by atoms with Crippen molar-refractivity contribution in [2.45, 2.75) is 6.92 Å². The van der Waals surface area contributed by atoms with Gasteiger partial charge in [-0.05, 0) is 71.0 Å². The van der Waals surface area contributed by atoms with Crippen LogP contribution in [0, 0.1) is 6.92 Å². The average molecular weight is 545 g/mol. The van der Waals surface area contributed by atoms with E-state index in [-0.39, 0.29) is 11.0 Å². The van der Waals surface area contributed by atoms with Crippen LogP contribution >= 0.6 is 44.1 Å². The minimum Gasteiger partial charge on any atom is -0.490 e. The third-order valence-electron chi connectivity index (χ3n) is 3.69. The minimum atomic E-state index is -0.432. The quantitative estimate of drug-likeness (QED) is 0.293. The van der Waals surface area contributed by atoms with Crippen molar-refractivity contribution >= 4 is 61.0 Å². The van der Waals surface area contributed by atoms with Crippen LogP contribution in [0.4, 0.5) is 0 Å². The van der Waals surface area contributed by atoms with Gasteiger partial charge in [0, 0.05) is 22.7 Å². The van der Waals surface area contributed by atoms with Crippen molar-refractivity contribution in [1.29, 1.82) is 0 Å². The fourth-order valence-corrected chi connectivity index (χ4v) is 3.14. The van der Waals surface area contributed by atoms with Crippen molar-refractivity contribution in [2.24, 2.45) is 0 Å². The molecule has 0 fully saturated rings. The zero-order chi connectivity index (χ0) is 21.4. The maximum atomic E-state index is 12.3. The van der Waals surface area contributed by atoms with Crippen molar-refractivity contribution in [1.82, 2.24) is 16.2 Å². The van der Waals surface area contributed by atoms with E-state index in [0.717, 1.165) is 10.0 Å². The Labute approximate surface area is 190 Å². The number of carbonyl (C=O) groups is 2. The van der Waals surface area contributed by atoms with Gasteiger partial charge in [-0.15, -0.1) is 0 Å². The lowest BCUT2D eigenvalue weighted by atomic mass is 10.1. The fraction of sp³-hybridized carbons (Fsp3) is 0.211. The lowest BCUT2D eigenvalue weighted by Crippen LogP contribution is -2.48. The molecular formula is C19H19Br2N3O4S. The molecule has 0 aliphatic rings. The summed E-state index contributed by atoms with van der Waals surface area (Å²) in [4.78, 5) is 24.5. The molecule has 0 atom stereocenters. The normalized spacial score (nSPS) is 10.2. The number of benzene rings is 2. The van der Waals surface area contributed by atoms with Crippen LogP contribution in [0.3, 0.4) is 0 Å². The third kappa shape index (κ3) is 7.07. The molecule has 10 heteroatoms. The van der Waals surface area contributed by atoms with E-state index in [1.165, 1.54) is 0 Å². The number of nitrogens with one attached hydrogen (secondary N) is 3. The standard InChI is InChI=1S/C19H19Br2N3O4S/c1-11-3-4-13(9-14(11)20)18(26)23-24-19(29)22-17(25)12-5-6-16(15(21)10-12)28-8-7-27-2/h3-6,9-10H,7-8H2,1-2H3,(H,23,26)(H2,22,24,25,29). The van der Waals surface area contributed by atoms with Gasteiger partial charge < -0.3 is 9.47 Å². The third-order valence-corrected chi connectivity index (χ3v) is 5.37. The van der Waals surface area contributed by atoms with Crippen LogP contribution in [-0.2, 0) is 4.74 Å². The van der Waals surface area contributed by atoms with Crippen molar-refractivity contribution in [3.8, 4) is 5.75 Å². The molecule has 3 N–H and O–H groups in total. The summed E-state index contributed by atoms with van der Waals surface area (Å²) in [6.45, 7) is 2.77. The maximum absolute atomic E-state index is 12.3. The number of ether oxygens (including phenoxy) is 2. The van der Waals surface area contributed by atoms with Crippen LogP contribution in [0.25, 0.3) is 0 Å². The highest BCUT2D eigenvalue weighted by Crippen LogP contribution is 2.26. The SMILES string of the molecule is COCCOc1ccc(C(=O)NC(=S)NNC(=O)c2ccc(C)c(Br)c2)cc1Br. The molecule has 2 aromatic rings. The number of amides is 2. The number of carbonyl (C=O) groups excluding carboxylic acids is 2. The second kappa shape index (κ2) is 11.2. The minimum absolute atomic E-state index is 0.0360. The number of hydrazine groups is 1. The van der Waals surface area contributed by atoms with E-state index in [9.17, 15) is 9.59 Å². The van der Waals surface area contributed by atoms with E-state index in [4.69, 9.17) is 21.7 Å². The zero-order valence-corrected chi connectivity index (χ0v) is 19.7. The fourth-order valence-electron chi connectivity index (χ4n) is 2.12. The molecule has 29 heavy (non-hydrogen) atoms. The molecule has 0 aliphatic carbocycles. The van der Waals surface area contributed by atoms with E-state index < -0.39 is 5.91 Å². The molecule has 0 aliphatic heterocycles. The molecule has 0 saturated heterocycles. The molecule has 0 spiro atoms. The van der Waals surface area contributed by atoms with Crippen molar-refractivity contribution in [3.05, 3.63) is 62.0 Å². The topological polar surface area (TPSA) is 88.7 Å².